The van der Waals surface area contributed by atoms with Crippen LogP contribution in [0.1, 0.15) is 38.7 Å². The highest BCUT2D eigenvalue weighted by atomic mass is 16.5. The van der Waals surface area contributed by atoms with Crippen LogP contribution in [0.15, 0.2) is 18.2 Å². The molecule has 1 N–H and O–H groups in total. The van der Waals surface area contributed by atoms with E-state index in [1.807, 2.05) is 32.0 Å². The summed E-state index contributed by atoms with van der Waals surface area (Å²) in [6, 6.07) is 8.28. The Morgan fingerprint density at radius 3 is 2.48 bits per heavy atom. The standard InChI is InChI=1S/C17H26N2O2/c1-17(2,13-18)9-5-6-10-19-12-14-7-8-15(20-3)16(11-14)21-4/h7-8,11,19H,5-6,9-10,12H2,1-4H3. The van der Waals surface area contributed by atoms with Crippen molar-refractivity contribution in [1.29, 1.82) is 5.26 Å². The zero-order valence-electron chi connectivity index (χ0n) is 13.5. The lowest BCUT2D eigenvalue weighted by Gasteiger charge is -2.14. The quantitative estimate of drug-likeness (QED) is 0.707. The Bertz CT molecular complexity index is 478. The second-order valence-corrected chi connectivity index (χ2v) is 5.82. The van der Waals surface area contributed by atoms with Gasteiger partial charge in [-0.1, -0.05) is 12.5 Å². The van der Waals surface area contributed by atoms with Crippen molar-refractivity contribution >= 4 is 0 Å². The van der Waals surface area contributed by atoms with Crippen molar-refractivity contribution < 1.29 is 9.47 Å². The van der Waals surface area contributed by atoms with E-state index in [4.69, 9.17) is 14.7 Å². The zero-order chi connectivity index (χ0) is 15.7. The fourth-order valence-corrected chi connectivity index (χ4v) is 2.10. The highest BCUT2D eigenvalue weighted by Crippen LogP contribution is 2.27. The van der Waals surface area contributed by atoms with Gasteiger partial charge in [0.1, 0.15) is 0 Å². The fraction of sp³-hybridized carbons (Fsp3) is 0.588. The van der Waals surface area contributed by atoms with Crippen LogP contribution in [0.5, 0.6) is 11.5 Å². The van der Waals surface area contributed by atoms with Crippen molar-refractivity contribution in [3.8, 4) is 17.6 Å². The summed E-state index contributed by atoms with van der Waals surface area (Å²) >= 11 is 0. The summed E-state index contributed by atoms with van der Waals surface area (Å²) in [5.41, 5.74) is 0.966. The number of hydrogen-bond acceptors (Lipinski definition) is 4. The summed E-state index contributed by atoms with van der Waals surface area (Å²) < 4.78 is 10.5. The van der Waals surface area contributed by atoms with E-state index in [0.717, 1.165) is 43.9 Å². The third kappa shape index (κ3) is 6.05. The normalized spacial score (nSPS) is 11.0. The van der Waals surface area contributed by atoms with E-state index in [2.05, 4.69) is 11.4 Å². The number of rotatable bonds is 9. The Hall–Kier alpha value is -1.73. The molecule has 4 nitrogen and oxygen atoms in total. The van der Waals surface area contributed by atoms with E-state index in [9.17, 15) is 0 Å². The van der Waals surface area contributed by atoms with Crippen LogP contribution in [-0.2, 0) is 6.54 Å². The van der Waals surface area contributed by atoms with Crippen LogP contribution in [0.4, 0.5) is 0 Å². The van der Waals surface area contributed by atoms with E-state index in [1.54, 1.807) is 14.2 Å². The maximum Gasteiger partial charge on any atom is 0.161 e. The average Bonchev–Trinajstić information content (AvgIpc) is 2.50. The van der Waals surface area contributed by atoms with Crippen LogP contribution in [0.25, 0.3) is 0 Å². The molecule has 21 heavy (non-hydrogen) atoms. The number of methoxy groups -OCH3 is 2. The summed E-state index contributed by atoms with van der Waals surface area (Å²) in [7, 11) is 3.28. The van der Waals surface area contributed by atoms with Gasteiger partial charge in [0.25, 0.3) is 0 Å². The number of nitriles is 1. The van der Waals surface area contributed by atoms with E-state index in [0.29, 0.717) is 0 Å². The Morgan fingerprint density at radius 2 is 1.86 bits per heavy atom. The molecule has 0 unspecified atom stereocenters. The molecule has 0 aliphatic rings. The number of nitrogens with one attached hydrogen (secondary N) is 1. The molecule has 1 rings (SSSR count). The Labute approximate surface area is 128 Å². The molecule has 1 aromatic rings. The molecule has 0 atom stereocenters. The molecule has 0 saturated carbocycles. The Morgan fingerprint density at radius 1 is 1.14 bits per heavy atom. The van der Waals surface area contributed by atoms with Gasteiger partial charge in [0.15, 0.2) is 11.5 Å². The lowest BCUT2D eigenvalue weighted by Crippen LogP contribution is -2.16. The van der Waals surface area contributed by atoms with E-state index >= 15 is 0 Å². The first-order valence-electron chi connectivity index (χ1n) is 7.35. The maximum absolute atomic E-state index is 8.95. The molecule has 0 radical (unpaired) electrons. The third-order valence-electron chi connectivity index (χ3n) is 3.49. The summed E-state index contributed by atoms with van der Waals surface area (Å²) in [5.74, 6) is 1.51. The van der Waals surface area contributed by atoms with Gasteiger partial charge in [-0.05, 0) is 50.9 Å². The SMILES string of the molecule is COc1ccc(CNCCCCC(C)(C)C#N)cc1OC. The molecule has 0 aliphatic carbocycles. The Balaban J connectivity index is 2.29. The van der Waals surface area contributed by atoms with Crippen LogP contribution in [-0.4, -0.2) is 20.8 Å². The first-order valence-corrected chi connectivity index (χ1v) is 7.35. The summed E-state index contributed by atoms with van der Waals surface area (Å²) in [6.45, 7) is 5.74. The monoisotopic (exact) mass is 290 g/mol. The predicted octanol–water partition coefficient (Wildman–Crippen LogP) is 3.51. The molecule has 0 aromatic heterocycles. The van der Waals surface area contributed by atoms with Crippen LogP contribution >= 0.6 is 0 Å². The van der Waals surface area contributed by atoms with Crippen LogP contribution in [0, 0.1) is 16.7 Å². The van der Waals surface area contributed by atoms with Crippen molar-refractivity contribution in [1.82, 2.24) is 5.32 Å². The van der Waals surface area contributed by atoms with Gasteiger partial charge in [-0.3, -0.25) is 0 Å². The van der Waals surface area contributed by atoms with Crippen LogP contribution in [0.2, 0.25) is 0 Å². The van der Waals surface area contributed by atoms with Gasteiger partial charge in [0.05, 0.1) is 25.7 Å². The summed E-state index contributed by atoms with van der Waals surface area (Å²) in [4.78, 5) is 0. The van der Waals surface area contributed by atoms with Crippen molar-refractivity contribution in [2.75, 3.05) is 20.8 Å². The predicted molar refractivity (Wildman–Crippen MR) is 84.5 cm³/mol. The van der Waals surface area contributed by atoms with Crippen molar-refractivity contribution in [3.63, 3.8) is 0 Å². The minimum atomic E-state index is -0.205. The van der Waals surface area contributed by atoms with Gasteiger partial charge >= 0.3 is 0 Å². The van der Waals surface area contributed by atoms with Crippen LogP contribution in [0.3, 0.4) is 0 Å². The molecule has 0 aliphatic heterocycles. The minimum absolute atomic E-state index is 0.205. The van der Waals surface area contributed by atoms with Crippen molar-refractivity contribution in [3.05, 3.63) is 23.8 Å². The first-order chi connectivity index (χ1) is 10.0. The van der Waals surface area contributed by atoms with Gasteiger partial charge in [-0.2, -0.15) is 5.26 Å². The zero-order valence-corrected chi connectivity index (χ0v) is 13.5. The molecule has 0 saturated heterocycles. The second-order valence-electron chi connectivity index (χ2n) is 5.82. The molecule has 0 fully saturated rings. The molecular weight excluding hydrogens is 264 g/mol. The molecule has 0 heterocycles. The highest BCUT2D eigenvalue weighted by molar-refractivity contribution is 5.42. The molecule has 0 amide bonds. The maximum atomic E-state index is 8.95. The van der Waals surface area contributed by atoms with E-state index < -0.39 is 0 Å². The first kappa shape index (κ1) is 17.3. The molecular formula is C17H26N2O2. The van der Waals surface area contributed by atoms with Crippen molar-refractivity contribution in [2.24, 2.45) is 5.41 Å². The van der Waals surface area contributed by atoms with E-state index in [1.165, 1.54) is 5.56 Å². The minimum Gasteiger partial charge on any atom is -0.493 e. The summed E-state index contributed by atoms with van der Waals surface area (Å²) in [6.07, 6.45) is 3.10. The topological polar surface area (TPSA) is 54.3 Å². The number of nitrogens with zero attached hydrogens (tertiary/aromatic N) is 1. The number of ether oxygens (including phenoxy) is 2. The Kier molecular flexibility index (Phi) is 7.04. The average molecular weight is 290 g/mol. The van der Waals surface area contributed by atoms with Crippen LogP contribution < -0.4 is 14.8 Å². The van der Waals surface area contributed by atoms with Gasteiger partial charge in [0, 0.05) is 6.54 Å². The molecule has 1 aromatic carbocycles. The smallest absolute Gasteiger partial charge is 0.161 e. The number of benzene rings is 1. The second kappa shape index (κ2) is 8.53. The van der Waals surface area contributed by atoms with Gasteiger partial charge in [0.2, 0.25) is 0 Å². The number of hydrogen-bond donors (Lipinski definition) is 1. The van der Waals surface area contributed by atoms with Crippen molar-refractivity contribution in [2.45, 2.75) is 39.7 Å². The molecule has 4 heteroatoms. The third-order valence-corrected chi connectivity index (χ3v) is 3.49. The highest BCUT2D eigenvalue weighted by Gasteiger charge is 2.15. The van der Waals surface area contributed by atoms with Gasteiger partial charge < -0.3 is 14.8 Å². The fourth-order valence-electron chi connectivity index (χ4n) is 2.10. The largest absolute Gasteiger partial charge is 0.493 e. The van der Waals surface area contributed by atoms with Gasteiger partial charge in [-0.25, -0.2) is 0 Å². The molecule has 116 valence electrons. The molecule has 0 bridgehead atoms. The van der Waals surface area contributed by atoms with Gasteiger partial charge in [-0.15, -0.1) is 0 Å². The lowest BCUT2D eigenvalue weighted by molar-refractivity contribution is 0.354. The molecule has 0 spiro atoms. The van der Waals surface area contributed by atoms with E-state index in [-0.39, 0.29) is 5.41 Å². The lowest BCUT2D eigenvalue weighted by atomic mass is 9.89. The summed E-state index contributed by atoms with van der Waals surface area (Å²) in [5, 5.41) is 12.4. The number of unbranched alkanes of at least 4 members (excludes halogenated alkanes) is 1.